The van der Waals surface area contributed by atoms with Crippen LogP contribution in [0.3, 0.4) is 0 Å². The van der Waals surface area contributed by atoms with Crippen molar-refractivity contribution < 1.29 is 0 Å². The molecule has 0 atom stereocenters. The molecule has 0 aromatic carbocycles. The van der Waals surface area contributed by atoms with Crippen molar-refractivity contribution in [2.24, 2.45) is 22.7 Å². The highest BCUT2D eigenvalue weighted by atomic mass is 14.2. The van der Waals surface area contributed by atoms with Crippen LogP contribution in [0.1, 0.15) is 100 Å². The topological polar surface area (TPSA) is 0 Å². The molecular weight excluding hydrogens is 228 g/mol. The second kappa shape index (κ2) is 8.32. The zero-order valence-corrected chi connectivity index (χ0v) is 15.1. The third kappa shape index (κ3) is 14.2. The van der Waals surface area contributed by atoms with Gasteiger partial charge in [-0.1, -0.05) is 74.7 Å². The average molecular weight is 269 g/mol. The minimum atomic E-state index is 0.498. The molecule has 0 aliphatic carbocycles. The van der Waals surface area contributed by atoms with Gasteiger partial charge in [0.05, 0.1) is 0 Å². The van der Waals surface area contributed by atoms with Gasteiger partial charge in [0.1, 0.15) is 0 Å². The molecule has 0 nitrogen and oxygen atoms in total. The Morgan fingerprint density at radius 1 is 0.632 bits per heavy atom. The summed E-state index contributed by atoms with van der Waals surface area (Å²) in [5.41, 5.74) is 0.996. The maximum atomic E-state index is 2.38. The molecule has 0 unspecified atom stereocenters. The Morgan fingerprint density at radius 2 is 1.05 bits per heavy atom. The van der Waals surface area contributed by atoms with Gasteiger partial charge in [-0.3, -0.25) is 0 Å². The molecule has 19 heavy (non-hydrogen) atoms. The van der Waals surface area contributed by atoms with E-state index in [1.807, 2.05) is 0 Å². The van der Waals surface area contributed by atoms with Crippen molar-refractivity contribution in [1.82, 2.24) is 0 Å². The van der Waals surface area contributed by atoms with Crippen molar-refractivity contribution >= 4 is 0 Å². The molecule has 0 heterocycles. The average Bonchev–Trinajstić information content (AvgIpc) is 2.18. The molecule has 0 radical (unpaired) electrons. The fraction of sp³-hybridized carbons (Fsp3) is 1.00. The van der Waals surface area contributed by atoms with Crippen molar-refractivity contribution in [3.05, 3.63) is 0 Å². The highest BCUT2D eigenvalue weighted by molar-refractivity contribution is 4.70. The van der Waals surface area contributed by atoms with Gasteiger partial charge in [-0.25, -0.2) is 0 Å². The van der Waals surface area contributed by atoms with Crippen LogP contribution in [0.2, 0.25) is 0 Å². The highest BCUT2D eigenvalue weighted by Gasteiger charge is 2.18. The predicted molar refractivity (Wildman–Crippen MR) is 89.6 cm³/mol. The summed E-state index contributed by atoms with van der Waals surface area (Å²) < 4.78 is 0. The molecule has 0 amide bonds. The lowest BCUT2D eigenvalue weighted by molar-refractivity contribution is 0.261. The molecule has 0 heteroatoms. The Bertz CT molecular complexity index is 193. The van der Waals surface area contributed by atoms with E-state index in [9.17, 15) is 0 Å². The van der Waals surface area contributed by atoms with E-state index >= 15 is 0 Å². The molecule has 0 bridgehead atoms. The van der Waals surface area contributed by atoms with E-state index in [1.165, 1.54) is 44.9 Å². The summed E-state index contributed by atoms with van der Waals surface area (Å²) >= 11 is 0. The lowest BCUT2D eigenvalue weighted by Gasteiger charge is -2.26. The summed E-state index contributed by atoms with van der Waals surface area (Å²) in [6.07, 6.45) is 9.89. The summed E-state index contributed by atoms with van der Waals surface area (Å²) in [5, 5.41) is 0. The monoisotopic (exact) mass is 268 g/mol. The molecule has 0 saturated carbocycles. The highest BCUT2D eigenvalue weighted by Crippen LogP contribution is 2.32. The Kier molecular flexibility index (Phi) is 8.32. The van der Waals surface area contributed by atoms with Crippen LogP contribution < -0.4 is 0 Å². The van der Waals surface area contributed by atoms with Gasteiger partial charge in [0.15, 0.2) is 0 Å². The molecule has 0 spiro atoms. The second-order valence-corrected chi connectivity index (χ2v) is 9.39. The molecule has 0 fully saturated rings. The maximum absolute atomic E-state index is 2.38. The molecular formula is C19H40. The van der Waals surface area contributed by atoms with Gasteiger partial charge in [0.25, 0.3) is 0 Å². The first-order chi connectivity index (χ1) is 8.49. The summed E-state index contributed by atoms with van der Waals surface area (Å²) in [6, 6.07) is 0. The van der Waals surface area contributed by atoms with Crippen LogP contribution in [0.5, 0.6) is 0 Å². The van der Waals surface area contributed by atoms with Crippen LogP contribution >= 0.6 is 0 Å². The molecule has 0 rings (SSSR count). The lowest BCUT2D eigenvalue weighted by atomic mass is 9.80. The third-order valence-electron chi connectivity index (χ3n) is 4.00. The Hall–Kier alpha value is 0. The van der Waals surface area contributed by atoms with Gasteiger partial charge in [-0.05, 0) is 48.3 Å². The summed E-state index contributed by atoms with van der Waals surface area (Å²) in [5.74, 6) is 1.82. The lowest BCUT2D eigenvalue weighted by Crippen LogP contribution is -2.13. The van der Waals surface area contributed by atoms with E-state index in [0.29, 0.717) is 10.8 Å². The standard InChI is InChI=1S/C19H40/c1-16(2)10-9-11-17(12-14-18(3,4)5)13-15-19(6,7)8/h16-17H,9-15H2,1-8H3. The zero-order valence-electron chi connectivity index (χ0n) is 15.1. The van der Waals surface area contributed by atoms with E-state index in [1.54, 1.807) is 0 Å². The largest absolute Gasteiger partial charge is 0.0628 e. The van der Waals surface area contributed by atoms with E-state index in [2.05, 4.69) is 55.4 Å². The summed E-state index contributed by atoms with van der Waals surface area (Å²) in [7, 11) is 0. The van der Waals surface area contributed by atoms with Crippen LogP contribution in [-0.2, 0) is 0 Å². The Labute approximate surface area is 123 Å². The number of hydrogen-bond donors (Lipinski definition) is 0. The van der Waals surface area contributed by atoms with Crippen molar-refractivity contribution in [2.45, 2.75) is 100 Å². The van der Waals surface area contributed by atoms with Crippen molar-refractivity contribution in [3.8, 4) is 0 Å². The van der Waals surface area contributed by atoms with Gasteiger partial charge in [0, 0.05) is 0 Å². The van der Waals surface area contributed by atoms with E-state index in [0.717, 1.165) is 11.8 Å². The van der Waals surface area contributed by atoms with Crippen molar-refractivity contribution in [3.63, 3.8) is 0 Å². The first kappa shape index (κ1) is 19.0. The smallest absolute Gasteiger partial charge is 0.0383 e. The zero-order chi connectivity index (χ0) is 15.1. The van der Waals surface area contributed by atoms with Crippen LogP contribution in [0, 0.1) is 22.7 Å². The Morgan fingerprint density at radius 3 is 1.37 bits per heavy atom. The molecule has 0 N–H and O–H groups in total. The molecule has 0 aliphatic heterocycles. The van der Waals surface area contributed by atoms with Gasteiger partial charge in [0.2, 0.25) is 0 Å². The summed E-state index contributed by atoms with van der Waals surface area (Å²) in [4.78, 5) is 0. The minimum absolute atomic E-state index is 0.498. The maximum Gasteiger partial charge on any atom is -0.0383 e. The second-order valence-electron chi connectivity index (χ2n) is 9.39. The normalized spacial score (nSPS) is 13.6. The first-order valence-corrected chi connectivity index (χ1v) is 8.49. The number of hydrogen-bond acceptors (Lipinski definition) is 0. The van der Waals surface area contributed by atoms with Gasteiger partial charge < -0.3 is 0 Å². The van der Waals surface area contributed by atoms with Gasteiger partial charge in [-0.2, -0.15) is 0 Å². The van der Waals surface area contributed by atoms with E-state index in [4.69, 9.17) is 0 Å². The molecule has 116 valence electrons. The minimum Gasteiger partial charge on any atom is -0.0628 e. The first-order valence-electron chi connectivity index (χ1n) is 8.49. The fourth-order valence-electron chi connectivity index (χ4n) is 2.52. The Balaban J connectivity index is 4.14. The SMILES string of the molecule is CC(C)CCCC(CCC(C)(C)C)CCC(C)(C)C. The fourth-order valence-corrected chi connectivity index (χ4v) is 2.52. The van der Waals surface area contributed by atoms with Crippen LogP contribution in [0.25, 0.3) is 0 Å². The van der Waals surface area contributed by atoms with Gasteiger partial charge >= 0.3 is 0 Å². The van der Waals surface area contributed by atoms with Crippen molar-refractivity contribution in [1.29, 1.82) is 0 Å². The molecule has 0 aromatic heterocycles. The van der Waals surface area contributed by atoms with Crippen LogP contribution in [0.4, 0.5) is 0 Å². The van der Waals surface area contributed by atoms with Crippen LogP contribution in [0.15, 0.2) is 0 Å². The molecule has 0 saturated heterocycles. The van der Waals surface area contributed by atoms with Crippen molar-refractivity contribution in [2.75, 3.05) is 0 Å². The quantitative estimate of drug-likeness (QED) is 0.441. The van der Waals surface area contributed by atoms with E-state index < -0.39 is 0 Å². The number of rotatable bonds is 8. The summed E-state index contributed by atoms with van der Waals surface area (Å²) in [6.45, 7) is 19.0. The van der Waals surface area contributed by atoms with E-state index in [-0.39, 0.29) is 0 Å². The molecule has 0 aromatic rings. The van der Waals surface area contributed by atoms with Gasteiger partial charge in [-0.15, -0.1) is 0 Å². The molecule has 0 aliphatic rings. The van der Waals surface area contributed by atoms with Crippen LogP contribution in [-0.4, -0.2) is 0 Å². The predicted octanol–water partition coefficient (Wildman–Crippen LogP) is 7.08. The third-order valence-corrected chi connectivity index (χ3v) is 4.00.